The van der Waals surface area contributed by atoms with Crippen molar-refractivity contribution in [2.75, 3.05) is 0 Å². The van der Waals surface area contributed by atoms with Gasteiger partial charge in [-0.2, -0.15) is 0 Å². The van der Waals surface area contributed by atoms with Crippen molar-refractivity contribution >= 4 is 40.4 Å². The van der Waals surface area contributed by atoms with Crippen LogP contribution in [0.25, 0.3) is 0 Å². The number of carbonyl (C=O) groups excluding carboxylic acids is 2. The van der Waals surface area contributed by atoms with Crippen molar-refractivity contribution in [3.8, 4) is 0 Å². The molecule has 5 nitrogen and oxygen atoms in total. The van der Waals surface area contributed by atoms with Crippen molar-refractivity contribution in [3.05, 3.63) is 82.0 Å². The van der Waals surface area contributed by atoms with Crippen LogP contribution in [0.15, 0.2) is 70.9 Å². The fourth-order valence-electron chi connectivity index (χ4n) is 3.43. The van der Waals surface area contributed by atoms with E-state index in [0.717, 1.165) is 11.1 Å². The van der Waals surface area contributed by atoms with Crippen LogP contribution in [0.4, 0.5) is 0 Å². The van der Waals surface area contributed by atoms with E-state index >= 15 is 0 Å². The summed E-state index contributed by atoms with van der Waals surface area (Å²) in [5.74, 6) is -0.555. The standard InChI is InChI=1S/C22H19ClN2O3S/c1-13-18(21(27)28-12-15-6-4-3-5-7-15)19(16-8-10-17(23)11-9-16)25-20(26)14(2)29-22(25)24-13/h3-11,14,19H,12H2,1-2H3/t14-,19+/m1/s1. The quantitative estimate of drug-likeness (QED) is 0.663. The van der Waals surface area contributed by atoms with Gasteiger partial charge in [-0.15, -0.1) is 0 Å². The lowest BCUT2D eigenvalue weighted by molar-refractivity contribution is -0.141. The number of hydrogen-bond donors (Lipinski definition) is 0. The Kier molecular flexibility index (Phi) is 5.48. The van der Waals surface area contributed by atoms with Gasteiger partial charge in [0.1, 0.15) is 6.61 Å². The number of hydrogen-bond acceptors (Lipinski definition) is 5. The number of fused-ring (bicyclic) bond motifs is 1. The largest absolute Gasteiger partial charge is 0.457 e. The van der Waals surface area contributed by atoms with Crippen LogP contribution in [0.1, 0.15) is 31.0 Å². The van der Waals surface area contributed by atoms with Crippen LogP contribution in [-0.2, 0) is 20.9 Å². The molecule has 1 fully saturated rings. The molecular formula is C22H19ClN2O3S. The number of ether oxygens (including phenoxy) is 1. The number of amidine groups is 1. The van der Waals surface area contributed by atoms with Gasteiger partial charge in [0.2, 0.25) is 5.91 Å². The van der Waals surface area contributed by atoms with E-state index in [2.05, 4.69) is 4.99 Å². The third-order valence-corrected chi connectivity index (χ3v) is 6.18. The maximum absolute atomic E-state index is 13.1. The van der Waals surface area contributed by atoms with Gasteiger partial charge in [-0.3, -0.25) is 9.69 Å². The van der Waals surface area contributed by atoms with Gasteiger partial charge in [-0.05, 0) is 37.1 Å². The van der Waals surface area contributed by atoms with Gasteiger partial charge in [0, 0.05) is 5.02 Å². The Labute approximate surface area is 178 Å². The lowest BCUT2D eigenvalue weighted by atomic mass is 9.94. The lowest BCUT2D eigenvalue weighted by Crippen LogP contribution is -2.40. The Bertz CT molecular complexity index is 1020. The first-order valence-electron chi connectivity index (χ1n) is 9.21. The van der Waals surface area contributed by atoms with Gasteiger partial charge < -0.3 is 4.74 Å². The van der Waals surface area contributed by atoms with Crippen LogP contribution in [0.5, 0.6) is 0 Å². The zero-order chi connectivity index (χ0) is 20.5. The summed E-state index contributed by atoms with van der Waals surface area (Å²) in [5, 5.41) is 0.943. The molecule has 2 aromatic rings. The molecule has 2 aromatic carbocycles. The smallest absolute Gasteiger partial charge is 0.338 e. The van der Waals surface area contributed by atoms with Crippen LogP contribution in [0, 0.1) is 0 Å². The molecule has 0 aliphatic carbocycles. The molecule has 0 spiro atoms. The molecule has 0 aromatic heterocycles. The number of halogens is 1. The normalized spacial score (nSPS) is 21.1. The maximum Gasteiger partial charge on any atom is 0.338 e. The van der Waals surface area contributed by atoms with E-state index in [1.807, 2.05) is 49.4 Å². The molecule has 148 valence electrons. The summed E-state index contributed by atoms with van der Waals surface area (Å²) in [6.45, 7) is 3.77. The average molecular weight is 427 g/mol. The molecule has 0 unspecified atom stereocenters. The van der Waals surface area contributed by atoms with E-state index in [-0.39, 0.29) is 17.8 Å². The molecule has 29 heavy (non-hydrogen) atoms. The second-order valence-corrected chi connectivity index (χ2v) is 8.62. The Hall–Kier alpha value is -2.57. The van der Waals surface area contributed by atoms with E-state index in [4.69, 9.17) is 16.3 Å². The number of amides is 1. The number of benzene rings is 2. The number of nitrogens with zero attached hydrogens (tertiary/aromatic N) is 2. The Morgan fingerprint density at radius 2 is 1.86 bits per heavy atom. The summed E-state index contributed by atoms with van der Waals surface area (Å²) in [5.41, 5.74) is 2.61. The SMILES string of the molecule is CC1=C(C(=O)OCc2ccccc2)[C@H](c2ccc(Cl)cc2)N2C(=O)[C@@H](C)SC2=N1. The summed E-state index contributed by atoms with van der Waals surface area (Å²) < 4.78 is 5.59. The molecule has 0 saturated carbocycles. The molecule has 0 bridgehead atoms. The molecular weight excluding hydrogens is 408 g/mol. The summed E-state index contributed by atoms with van der Waals surface area (Å²) in [6.07, 6.45) is 0. The van der Waals surface area contributed by atoms with Crippen molar-refractivity contribution in [2.45, 2.75) is 31.7 Å². The Morgan fingerprint density at radius 3 is 2.55 bits per heavy atom. The first-order chi connectivity index (χ1) is 14.0. The zero-order valence-corrected chi connectivity index (χ0v) is 17.5. The first kappa shape index (κ1) is 19.7. The molecule has 0 radical (unpaired) electrons. The van der Waals surface area contributed by atoms with Crippen molar-refractivity contribution < 1.29 is 14.3 Å². The van der Waals surface area contributed by atoms with Gasteiger partial charge in [0.15, 0.2) is 5.17 Å². The van der Waals surface area contributed by atoms with E-state index in [0.29, 0.717) is 21.5 Å². The highest BCUT2D eigenvalue weighted by Gasteiger charge is 2.46. The highest BCUT2D eigenvalue weighted by atomic mass is 35.5. The van der Waals surface area contributed by atoms with Gasteiger partial charge in [-0.25, -0.2) is 9.79 Å². The fraction of sp³-hybridized carbons (Fsp3) is 0.227. The molecule has 2 aliphatic rings. The minimum Gasteiger partial charge on any atom is -0.457 e. The number of carbonyl (C=O) groups is 2. The minimum absolute atomic E-state index is 0.0745. The van der Waals surface area contributed by atoms with Crippen LogP contribution in [0.3, 0.4) is 0 Å². The molecule has 4 rings (SSSR count). The van der Waals surface area contributed by atoms with Crippen molar-refractivity contribution in [3.63, 3.8) is 0 Å². The van der Waals surface area contributed by atoms with Gasteiger partial charge >= 0.3 is 5.97 Å². The highest BCUT2D eigenvalue weighted by molar-refractivity contribution is 8.15. The summed E-state index contributed by atoms with van der Waals surface area (Å²) in [4.78, 5) is 32.1. The average Bonchev–Trinajstić information content (AvgIpc) is 3.00. The Morgan fingerprint density at radius 1 is 1.17 bits per heavy atom. The molecule has 1 saturated heterocycles. The van der Waals surface area contributed by atoms with Crippen molar-refractivity contribution in [1.82, 2.24) is 4.90 Å². The highest BCUT2D eigenvalue weighted by Crippen LogP contribution is 2.43. The van der Waals surface area contributed by atoms with Crippen molar-refractivity contribution in [2.24, 2.45) is 4.99 Å². The van der Waals surface area contributed by atoms with Crippen LogP contribution < -0.4 is 0 Å². The summed E-state index contributed by atoms with van der Waals surface area (Å²) in [6, 6.07) is 16.0. The van der Waals surface area contributed by atoms with Gasteiger partial charge in [-0.1, -0.05) is 65.8 Å². The molecule has 2 atom stereocenters. The topological polar surface area (TPSA) is 59.0 Å². The Balaban J connectivity index is 1.71. The zero-order valence-electron chi connectivity index (χ0n) is 16.0. The molecule has 1 amide bonds. The number of aliphatic imine (C=N–C) groups is 1. The second kappa shape index (κ2) is 8.05. The first-order valence-corrected chi connectivity index (χ1v) is 10.5. The molecule has 7 heteroatoms. The minimum atomic E-state index is -0.590. The van der Waals surface area contributed by atoms with Crippen LogP contribution in [-0.4, -0.2) is 27.2 Å². The summed E-state index contributed by atoms with van der Waals surface area (Å²) in [7, 11) is 0. The lowest BCUT2D eigenvalue weighted by Gasteiger charge is -2.33. The van der Waals surface area contributed by atoms with E-state index < -0.39 is 12.0 Å². The fourth-order valence-corrected chi connectivity index (χ4v) is 4.58. The molecule has 0 N–H and O–H groups in total. The van der Waals surface area contributed by atoms with E-state index in [1.54, 1.807) is 24.0 Å². The van der Waals surface area contributed by atoms with Gasteiger partial charge in [0.05, 0.1) is 22.6 Å². The van der Waals surface area contributed by atoms with E-state index in [1.165, 1.54) is 11.8 Å². The van der Waals surface area contributed by atoms with Crippen LogP contribution in [0.2, 0.25) is 5.02 Å². The third-order valence-electron chi connectivity index (χ3n) is 4.88. The number of esters is 1. The number of thioether (sulfide) groups is 1. The summed E-state index contributed by atoms with van der Waals surface area (Å²) >= 11 is 7.45. The van der Waals surface area contributed by atoms with Gasteiger partial charge in [0.25, 0.3) is 0 Å². The predicted molar refractivity (Wildman–Crippen MR) is 114 cm³/mol. The third kappa shape index (κ3) is 3.82. The maximum atomic E-state index is 13.1. The second-order valence-electron chi connectivity index (χ2n) is 6.88. The number of allylic oxidation sites excluding steroid dienone is 1. The van der Waals surface area contributed by atoms with Crippen molar-refractivity contribution in [1.29, 1.82) is 0 Å². The molecule has 2 heterocycles. The van der Waals surface area contributed by atoms with E-state index in [9.17, 15) is 9.59 Å². The predicted octanol–water partition coefficient (Wildman–Crippen LogP) is 4.73. The monoisotopic (exact) mass is 426 g/mol. The number of rotatable bonds is 4. The molecule has 2 aliphatic heterocycles. The van der Waals surface area contributed by atoms with Crippen LogP contribution >= 0.6 is 23.4 Å².